The molecule has 4 rings (SSSR count). The minimum Gasteiger partial charge on any atom is -0.384 e. The van der Waals surface area contributed by atoms with Crippen LogP contribution in [0.2, 0.25) is 0 Å². The molecule has 7 heteroatoms. The number of anilines is 2. The summed E-state index contributed by atoms with van der Waals surface area (Å²) in [5.74, 6) is 1.83. The van der Waals surface area contributed by atoms with E-state index < -0.39 is 5.60 Å². The van der Waals surface area contributed by atoms with Gasteiger partial charge in [0.25, 0.3) is 0 Å². The van der Waals surface area contributed by atoms with Crippen LogP contribution in [0.5, 0.6) is 0 Å². The molecule has 27 heavy (non-hydrogen) atoms. The molecule has 7 nitrogen and oxygen atoms in total. The van der Waals surface area contributed by atoms with Crippen molar-refractivity contribution in [3.05, 3.63) is 30.2 Å². The van der Waals surface area contributed by atoms with Crippen molar-refractivity contribution in [2.75, 3.05) is 23.3 Å². The molecule has 1 aliphatic carbocycles. The number of pyridine rings is 1. The van der Waals surface area contributed by atoms with Crippen LogP contribution >= 0.6 is 0 Å². The number of amides is 1. The maximum atomic E-state index is 12.5. The van der Waals surface area contributed by atoms with E-state index in [1.807, 2.05) is 6.07 Å². The summed E-state index contributed by atoms with van der Waals surface area (Å²) >= 11 is 0. The number of nitrogens with one attached hydrogen (secondary N) is 1. The Labute approximate surface area is 158 Å². The Hall–Kier alpha value is -2.54. The van der Waals surface area contributed by atoms with E-state index in [4.69, 9.17) is 4.98 Å². The molecule has 0 aromatic carbocycles. The molecule has 1 saturated carbocycles. The first-order valence-electron chi connectivity index (χ1n) is 9.52. The van der Waals surface area contributed by atoms with E-state index in [0.717, 1.165) is 5.56 Å². The fourth-order valence-corrected chi connectivity index (χ4v) is 3.75. The molecular weight excluding hydrogens is 342 g/mol. The summed E-state index contributed by atoms with van der Waals surface area (Å²) in [6, 6.07) is 3.66. The molecule has 1 amide bonds. The highest BCUT2D eigenvalue weighted by atomic mass is 16.3. The molecule has 0 atom stereocenters. The molecule has 0 bridgehead atoms. The Morgan fingerprint density at radius 3 is 2.67 bits per heavy atom. The summed E-state index contributed by atoms with van der Waals surface area (Å²) in [4.78, 5) is 27.8. The maximum absolute atomic E-state index is 12.5. The van der Waals surface area contributed by atoms with Crippen molar-refractivity contribution in [3.8, 4) is 11.3 Å². The largest absolute Gasteiger partial charge is 0.384 e. The van der Waals surface area contributed by atoms with Gasteiger partial charge in [0.05, 0.1) is 24.1 Å². The lowest BCUT2D eigenvalue weighted by Crippen LogP contribution is -2.43. The quantitative estimate of drug-likeness (QED) is 0.863. The summed E-state index contributed by atoms with van der Waals surface area (Å²) in [5.41, 5.74) is 1.07. The molecular formula is C20H25N5O2. The van der Waals surface area contributed by atoms with E-state index in [1.165, 1.54) is 25.7 Å². The van der Waals surface area contributed by atoms with Crippen LogP contribution in [-0.4, -0.2) is 39.1 Å². The second-order valence-electron chi connectivity index (χ2n) is 7.93. The Balaban J connectivity index is 1.65. The zero-order chi connectivity index (χ0) is 19.0. The van der Waals surface area contributed by atoms with Crippen LogP contribution in [0.15, 0.2) is 24.5 Å². The van der Waals surface area contributed by atoms with Gasteiger partial charge >= 0.3 is 0 Å². The number of carbonyl (C=O) groups is 1. The monoisotopic (exact) mass is 367 g/mol. The van der Waals surface area contributed by atoms with Crippen molar-refractivity contribution >= 4 is 17.5 Å². The van der Waals surface area contributed by atoms with Gasteiger partial charge < -0.3 is 10.4 Å². The van der Waals surface area contributed by atoms with Gasteiger partial charge in [0.15, 0.2) is 11.6 Å². The van der Waals surface area contributed by atoms with Crippen molar-refractivity contribution in [1.82, 2.24) is 15.0 Å². The summed E-state index contributed by atoms with van der Waals surface area (Å²) in [6.07, 6.45) is 8.19. The van der Waals surface area contributed by atoms with Crippen LogP contribution < -0.4 is 10.2 Å². The summed E-state index contributed by atoms with van der Waals surface area (Å²) in [6.45, 7) is 4.37. The van der Waals surface area contributed by atoms with E-state index >= 15 is 0 Å². The molecule has 0 spiro atoms. The first-order chi connectivity index (χ1) is 12.9. The van der Waals surface area contributed by atoms with Gasteiger partial charge in [-0.1, -0.05) is 12.8 Å². The Bertz CT molecular complexity index is 838. The zero-order valence-corrected chi connectivity index (χ0v) is 15.8. The van der Waals surface area contributed by atoms with E-state index in [0.29, 0.717) is 35.5 Å². The number of fused-ring (bicyclic) bond motifs is 1. The van der Waals surface area contributed by atoms with Gasteiger partial charge in [-0.3, -0.25) is 14.7 Å². The summed E-state index contributed by atoms with van der Waals surface area (Å²) in [7, 11) is 0. The third-order valence-corrected chi connectivity index (χ3v) is 5.32. The van der Waals surface area contributed by atoms with Crippen LogP contribution in [0.1, 0.15) is 45.2 Å². The molecule has 2 aromatic heterocycles. The molecule has 2 aromatic rings. The molecule has 0 radical (unpaired) electrons. The first-order valence-corrected chi connectivity index (χ1v) is 9.52. The van der Waals surface area contributed by atoms with Crippen molar-refractivity contribution in [2.24, 2.45) is 5.92 Å². The second kappa shape index (κ2) is 6.88. The number of hydrogen-bond donors (Lipinski definition) is 2. The van der Waals surface area contributed by atoms with E-state index in [9.17, 15) is 9.90 Å². The molecule has 2 aliphatic rings. The summed E-state index contributed by atoms with van der Waals surface area (Å²) in [5, 5.41) is 13.1. The lowest BCUT2D eigenvalue weighted by atomic mass is 10.0. The third kappa shape index (κ3) is 3.64. The Morgan fingerprint density at radius 2 is 2.00 bits per heavy atom. The van der Waals surface area contributed by atoms with E-state index in [-0.39, 0.29) is 12.5 Å². The summed E-state index contributed by atoms with van der Waals surface area (Å²) < 4.78 is 0. The van der Waals surface area contributed by atoms with E-state index in [1.54, 1.807) is 37.2 Å². The highest BCUT2D eigenvalue weighted by Gasteiger charge is 2.30. The normalized spacial score (nSPS) is 17.7. The second-order valence-corrected chi connectivity index (χ2v) is 7.93. The SMILES string of the molecule is CC(C)(O)c1ccc(-c2cnc3c(n2)N(CC2CCCC2)C(=O)CN3)cn1. The lowest BCUT2D eigenvalue weighted by molar-refractivity contribution is -0.117. The number of aromatic nitrogens is 3. The number of aliphatic hydroxyl groups is 1. The lowest BCUT2D eigenvalue weighted by Gasteiger charge is -2.30. The predicted molar refractivity (Wildman–Crippen MR) is 103 cm³/mol. The fourth-order valence-electron chi connectivity index (χ4n) is 3.75. The number of rotatable bonds is 4. The van der Waals surface area contributed by atoms with E-state index in [2.05, 4.69) is 15.3 Å². The first kappa shape index (κ1) is 17.9. The highest BCUT2D eigenvalue weighted by Crippen LogP contribution is 2.32. The average molecular weight is 367 g/mol. The third-order valence-electron chi connectivity index (χ3n) is 5.32. The number of hydrogen-bond acceptors (Lipinski definition) is 6. The molecule has 142 valence electrons. The van der Waals surface area contributed by atoms with Crippen LogP contribution in [-0.2, 0) is 10.4 Å². The maximum Gasteiger partial charge on any atom is 0.247 e. The predicted octanol–water partition coefficient (Wildman–Crippen LogP) is 2.71. The van der Waals surface area contributed by atoms with Gasteiger partial charge in [-0.25, -0.2) is 9.97 Å². The molecule has 0 unspecified atom stereocenters. The van der Waals surface area contributed by atoms with Crippen LogP contribution in [0.4, 0.5) is 11.6 Å². The smallest absolute Gasteiger partial charge is 0.247 e. The molecule has 2 N–H and O–H groups in total. The van der Waals surface area contributed by atoms with Crippen molar-refractivity contribution in [2.45, 2.75) is 45.1 Å². The minimum absolute atomic E-state index is 0.0383. The van der Waals surface area contributed by atoms with Crippen molar-refractivity contribution < 1.29 is 9.90 Å². The topological polar surface area (TPSA) is 91.2 Å². The standard InChI is InChI=1S/C20H25N5O2/c1-20(2,27)16-8-7-14(9-21-16)15-10-22-18-19(24-15)25(17(26)11-23-18)12-13-5-3-4-6-13/h7-10,13,27H,3-6,11-12H2,1-2H3,(H,22,23). The molecule has 3 heterocycles. The van der Waals surface area contributed by atoms with Crippen LogP contribution in [0.25, 0.3) is 11.3 Å². The van der Waals surface area contributed by atoms with Gasteiger partial charge in [-0.2, -0.15) is 0 Å². The number of carbonyl (C=O) groups excluding carboxylic acids is 1. The molecule has 1 aliphatic heterocycles. The van der Waals surface area contributed by atoms with Crippen LogP contribution in [0.3, 0.4) is 0 Å². The van der Waals surface area contributed by atoms with Crippen molar-refractivity contribution in [1.29, 1.82) is 0 Å². The Kier molecular flexibility index (Phi) is 4.55. The van der Waals surface area contributed by atoms with Gasteiger partial charge in [0.2, 0.25) is 5.91 Å². The van der Waals surface area contributed by atoms with Gasteiger partial charge in [-0.15, -0.1) is 0 Å². The van der Waals surface area contributed by atoms with Gasteiger partial charge in [0, 0.05) is 18.3 Å². The zero-order valence-electron chi connectivity index (χ0n) is 15.8. The average Bonchev–Trinajstić information content (AvgIpc) is 3.16. The molecule has 1 fully saturated rings. The minimum atomic E-state index is -0.992. The van der Waals surface area contributed by atoms with Gasteiger partial charge in [0.1, 0.15) is 5.60 Å². The highest BCUT2D eigenvalue weighted by molar-refractivity contribution is 6.00. The number of nitrogens with zero attached hydrogens (tertiary/aromatic N) is 4. The Morgan fingerprint density at radius 1 is 1.22 bits per heavy atom. The fraction of sp³-hybridized carbons (Fsp3) is 0.500. The van der Waals surface area contributed by atoms with Gasteiger partial charge in [-0.05, 0) is 44.7 Å². The molecule has 0 saturated heterocycles. The van der Waals surface area contributed by atoms with Crippen LogP contribution in [0, 0.1) is 5.92 Å². The van der Waals surface area contributed by atoms with Crippen molar-refractivity contribution in [3.63, 3.8) is 0 Å².